The van der Waals surface area contributed by atoms with Crippen LogP contribution < -0.4 is 5.32 Å². The summed E-state index contributed by atoms with van der Waals surface area (Å²) in [7, 11) is 2.02. The summed E-state index contributed by atoms with van der Waals surface area (Å²) >= 11 is 0. The highest BCUT2D eigenvalue weighted by Crippen LogP contribution is 2.37. The van der Waals surface area contributed by atoms with E-state index in [0.717, 1.165) is 6.54 Å². The van der Waals surface area contributed by atoms with Gasteiger partial charge in [0.05, 0.1) is 0 Å². The maximum absolute atomic E-state index is 3.25. The predicted octanol–water partition coefficient (Wildman–Crippen LogP) is 3.73. The molecule has 1 unspecified atom stereocenters. The standard InChI is InChI=1S/C15H25N/c1-12-6-8-13(9-7-12)14(10-11-16-5)15(2,3)4/h6-9,14,16H,10-11H2,1-5H3. The van der Waals surface area contributed by atoms with E-state index >= 15 is 0 Å². The Morgan fingerprint density at radius 1 is 1.12 bits per heavy atom. The normalized spacial score (nSPS) is 13.8. The molecule has 0 amide bonds. The van der Waals surface area contributed by atoms with Crippen molar-refractivity contribution in [3.8, 4) is 0 Å². The number of aryl methyl sites for hydroxylation is 1. The minimum atomic E-state index is 0.326. The van der Waals surface area contributed by atoms with Crippen molar-refractivity contribution in [2.75, 3.05) is 13.6 Å². The third-order valence-electron chi connectivity index (χ3n) is 3.21. The van der Waals surface area contributed by atoms with Crippen molar-refractivity contribution in [2.45, 2.75) is 40.0 Å². The molecule has 0 heterocycles. The van der Waals surface area contributed by atoms with Crippen LogP contribution in [-0.4, -0.2) is 13.6 Å². The van der Waals surface area contributed by atoms with Crippen LogP contribution >= 0.6 is 0 Å². The lowest BCUT2D eigenvalue weighted by molar-refractivity contribution is 0.303. The second-order valence-electron chi connectivity index (χ2n) is 5.72. The third kappa shape index (κ3) is 3.64. The Hall–Kier alpha value is -0.820. The van der Waals surface area contributed by atoms with E-state index in [1.54, 1.807) is 0 Å². The number of hydrogen-bond acceptors (Lipinski definition) is 1. The van der Waals surface area contributed by atoms with Gasteiger partial charge in [0.1, 0.15) is 0 Å². The van der Waals surface area contributed by atoms with E-state index in [4.69, 9.17) is 0 Å². The number of hydrogen-bond donors (Lipinski definition) is 1. The molecule has 16 heavy (non-hydrogen) atoms. The Bertz CT molecular complexity index is 305. The van der Waals surface area contributed by atoms with Gasteiger partial charge in [-0.1, -0.05) is 50.6 Å². The number of nitrogens with one attached hydrogen (secondary N) is 1. The molecule has 0 aliphatic carbocycles. The fourth-order valence-corrected chi connectivity index (χ4v) is 2.19. The zero-order chi connectivity index (χ0) is 12.2. The van der Waals surface area contributed by atoms with Crippen LogP contribution in [0, 0.1) is 12.3 Å². The zero-order valence-electron chi connectivity index (χ0n) is 11.3. The van der Waals surface area contributed by atoms with Gasteiger partial charge in [0.2, 0.25) is 0 Å². The molecule has 1 N–H and O–H groups in total. The molecule has 1 aromatic carbocycles. The van der Waals surface area contributed by atoms with E-state index in [2.05, 4.69) is 57.3 Å². The Morgan fingerprint density at radius 2 is 1.69 bits per heavy atom. The summed E-state index contributed by atoms with van der Waals surface area (Å²) in [5.74, 6) is 0.626. The van der Waals surface area contributed by atoms with Crippen molar-refractivity contribution < 1.29 is 0 Å². The van der Waals surface area contributed by atoms with Crippen LogP contribution in [0.1, 0.15) is 44.2 Å². The van der Waals surface area contributed by atoms with Gasteiger partial charge < -0.3 is 5.32 Å². The summed E-state index contributed by atoms with van der Waals surface area (Å²) in [6, 6.07) is 8.99. The van der Waals surface area contributed by atoms with Crippen LogP contribution in [0.5, 0.6) is 0 Å². The quantitative estimate of drug-likeness (QED) is 0.813. The number of rotatable bonds is 4. The Labute approximate surface area is 100 Å². The molecular formula is C15H25N. The summed E-state index contributed by atoms with van der Waals surface area (Å²) in [5.41, 5.74) is 3.13. The van der Waals surface area contributed by atoms with Gasteiger partial charge in [-0.2, -0.15) is 0 Å². The average Bonchev–Trinajstić information content (AvgIpc) is 2.19. The van der Waals surface area contributed by atoms with Crippen molar-refractivity contribution in [2.24, 2.45) is 5.41 Å². The molecule has 1 rings (SSSR count). The lowest BCUT2D eigenvalue weighted by atomic mass is 9.74. The smallest absolute Gasteiger partial charge is 0.00459 e. The molecule has 0 saturated carbocycles. The zero-order valence-corrected chi connectivity index (χ0v) is 11.3. The van der Waals surface area contributed by atoms with Crippen molar-refractivity contribution in [3.05, 3.63) is 35.4 Å². The van der Waals surface area contributed by atoms with Crippen molar-refractivity contribution in [3.63, 3.8) is 0 Å². The average molecular weight is 219 g/mol. The van der Waals surface area contributed by atoms with Gasteiger partial charge in [-0.3, -0.25) is 0 Å². The maximum Gasteiger partial charge on any atom is -0.00459 e. The molecule has 0 aliphatic heterocycles. The lowest BCUT2D eigenvalue weighted by Crippen LogP contribution is -2.22. The first-order valence-corrected chi connectivity index (χ1v) is 6.16. The van der Waals surface area contributed by atoms with Crippen LogP contribution in [0.25, 0.3) is 0 Å². The monoisotopic (exact) mass is 219 g/mol. The molecule has 0 fully saturated rings. The molecule has 0 spiro atoms. The largest absolute Gasteiger partial charge is 0.320 e. The molecule has 0 bridgehead atoms. The molecule has 1 atom stereocenters. The van der Waals surface area contributed by atoms with Crippen LogP contribution in [-0.2, 0) is 0 Å². The van der Waals surface area contributed by atoms with Gasteiger partial charge in [0.15, 0.2) is 0 Å². The van der Waals surface area contributed by atoms with Gasteiger partial charge >= 0.3 is 0 Å². The molecule has 0 aromatic heterocycles. The van der Waals surface area contributed by atoms with E-state index < -0.39 is 0 Å². The van der Waals surface area contributed by atoms with Gasteiger partial charge in [-0.05, 0) is 43.8 Å². The first-order chi connectivity index (χ1) is 7.45. The minimum Gasteiger partial charge on any atom is -0.320 e. The summed E-state index contributed by atoms with van der Waals surface area (Å²) in [5, 5.41) is 3.25. The molecule has 0 radical (unpaired) electrons. The molecule has 90 valence electrons. The van der Waals surface area contributed by atoms with E-state index in [9.17, 15) is 0 Å². The van der Waals surface area contributed by atoms with Crippen LogP contribution in [0.4, 0.5) is 0 Å². The van der Waals surface area contributed by atoms with Crippen LogP contribution in [0.15, 0.2) is 24.3 Å². The molecule has 1 aromatic rings. The third-order valence-corrected chi connectivity index (χ3v) is 3.21. The summed E-state index contributed by atoms with van der Waals surface area (Å²) in [6.07, 6.45) is 1.20. The van der Waals surface area contributed by atoms with E-state index in [1.807, 2.05) is 7.05 Å². The Kier molecular flexibility index (Phi) is 4.55. The highest BCUT2D eigenvalue weighted by molar-refractivity contribution is 5.25. The van der Waals surface area contributed by atoms with Gasteiger partial charge in [0, 0.05) is 0 Å². The second-order valence-corrected chi connectivity index (χ2v) is 5.72. The highest BCUT2D eigenvalue weighted by atomic mass is 14.8. The SMILES string of the molecule is CNCCC(c1ccc(C)cc1)C(C)(C)C. The van der Waals surface area contributed by atoms with Gasteiger partial charge in [-0.15, -0.1) is 0 Å². The van der Waals surface area contributed by atoms with Crippen LogP contribution in [0.2, 0.25) is 0 Å². The first-order valence-electron chi connectivity index (χ1n) is 6.16. The fourth-order valence-electron chi connectivity index (χ4n) is 2.19. The van der Waals surface area contributed by atoms with Crippen LogP contribution in [0.3, 0.4) is 0 Å². The topological polar surface area (TPSA) is 12.0 Å². The number of benzene rings is 1. The van der Waals surface area contributed by atoms with Crippen molar-refractivity contribution in [1.82, 2.24) is 5.32 Å². The first kappa shape index (κ1) is 13.2. The molecule has 1 nitrogen and oxygen atoms in total. The summed E-state index contributed by atoms with van der Waals surface area (Å²) < 4.78 is 0. The molecular weight excluding hydrogens is 194 g/mol. The highest BCUT2D eigenvalue weighted by Gasteiger charge is 2.25. The Balaban J connectivity index is 2.88. The molecule has 1 heteroatoms. The van der Waals surface area contributed by atoms with Gasteiger partial charge in [-0.25, -0.2) is 0 Å². The Morgan fingerprint density at radius 3 is 2.12 bits per heavy atom. The fraction of sp³-hybridized carbons (Fsp3) is 0.600. The van der Waals surface area contributed by atoms with E-state index in [0.29, 0.717) is 11.3 Å². The summed E-state index contributed by atoms with van der Waals surface area (Å²) in [4.78, 5) is 0. The van der Waals surface area contributed by atoms with Crippen molar-refractivity contribution >= 4 is 0 Å². The predicted molar refractivity (Wildman–Crippen MR) is 71.9 cm³/mol. The second kappa shape index (κ2) is 5.49. The van der Waals surface area contributed by atoms with Gasteiger partial charge in [0.25, 0.3) is 0 Å². The maximum atomic E-state index is 3.25. The van der Waals surface area contributed by atoms with E-state index in [-0.39, 0.29) is 0 Å². The lowest BCUT2D eigenvalue weighted by Gasteiger charge is -2.31. The molecule has 0 aliphatic rings. The van der Waals surface area contributed by atoms with E-state index in [1.165, 1.54) is 17.5 Å². The molecule has 0 saturated heterocycles. The van der Waals surface area contributed by atoms with Crippen molar-refractivity contribution in [1.29, 1.82) is 0 Å². The minimum absolute atomic E-state index is 0.326. The summed E-state index contributed by atoms with van der Waals surface area (Å²) in [6.45, 7) is 10.2.